The molecular weight excluding hydrogens is 477 g/mol. The summed E-state index contributed by atoms with van der Waals surface area (Å²) in [7, 11) is 0. The van der Waals surface area contributed by atoms with Crippen molar-refractivity contribution in [1.29, 1.82) is 0 Å². The molecule has 3 N–H and O–H groups in total. The first-order chi connectivity index (χ1) is 13.8. The highest BCUT2D eigenvalue weighted by molar-refractivity contribution is 14.0. The molecule has 4 rings (SSSR count). The van der Waals surface area contributed by atoms with Gasteiger partial charge in [0.1, 0.15) is 6.54 Å². The third kappa shape index (κ3) is 5.06. The summed E-state index contributed by atoms with van der Waals surface area (Å²) in [4.78, 5) is 7.99. The summed E-state index contributed by atoms with van der Waals surface area (Å²) in [5, 5.41) is 16.4. The maximum Gasteiger partial charge on any atom is 0.191 e. The number of H-pyrrole nitrogens is 1. The number of rotatable bonds is 7. The number of aryl methyl sites for hydroxylation is 1. The Morgan fingerprint density at radius 3 is 2.86 bits per heavy atom. The van der Waals surface area contributed by atoms with Crippen LogP contribution < -0.4 is 10.6 Å². The van der Waals surface area contributed by atoms with Crippen molar-refractivity contribution in [2.24, 2.45) is 4.99 Å². The number of aromatic amines is 1. The molecule has 0 amide bonds. The highest BCUT2D eigenvalue weighted by Crippen LogP contribution is 2.18. The van der Waals surface area contributed by atoms with Gasteiger partial charge in [0.05, 0.1) is 0 Å². The Labute approximate surface area is 187 Å². The van der Waals surface area contributed by atoms with Gasteiger partial charge >= 0.3 is 0 Å². The number of benzene rings is 1. The molecule has 7 nitrogen and oxygen atoms in total. The molecule has 0 radical (unpaired) electrons. The fourth-order valence-electron chi connectivity index (χ4n) is 3.31. The van der Waals surface area contributed by atoms with Gasteiger partial charge in [-0.05, 0) is 43.5 Å². The molecule has 4 aromatic rings. The van der Waals surface area contributed by atoms with Gasteiger partial charge in [0, 0.05) is 36.4 Å². The highest BCUT2D eigenvalue weighted by atomic mass is 127. The van der Waals surface area contributed by atoms with Crippen molar-refractivity contribution in [1.82, 2.24) is 30.2 Å². The standard InChI is InChI=1S/C21H25N7.HI/c1-2-22-21(25-15-20-27-26-19-11-5-6-13-28(19)20)23-12-7-8-16-14-24-18-10-4-3-9-17(16)18;/h3-6,9-11,13-14,24H,2,7-8,12,15H2,1H3,(H2,22,23,25);1H. The number of aliphatic imine (C=N–C) groups is 1. The van der Waals surface area contributed by atoms with E-state index in [-0.39, 0.29) is 24.0 Å². The van der Waals surface area contributed by atoms with Crippen LogP contribution in [0.1, 0.15) is 24.7 Å². The number of halogens is 1. The molecule has 152 valence electrons. The van der Waals surface area contributed by atoms with Crippen LogP contribution in [0.2, 0.25) is 0 Å². The zero-order valence-corrected chi connectivity index (χ0v) is 18.8. The Bertz CT molecular complexity index is 1080. The van der Waals surface area contributed by atoms with E-state index in [1.807, 2.05) is 28.8 Å². The summed E-state index contributed by atoms with van der Waals surface area (Å²) in [5.41, 5.74) is 3.39. The monoisotopic (exact) mass is 503 g/mol. The van der Waals surface area contributed by atoms with Gasteiger partial charge in [0.15, 0.2) is 17.4 Å². The second-order valence-corrected chi connectivity index (χ2v) is 6.63. The van der Waals surface area contributed by atoms with Gasteiger partial charge in [-0.25, -0.2) is 4.99 Å². The molecule has 3 heterocycles. The number of nitrogens with one attached hydrogen (secondary N) is 3. The van der Waals surface area contributed by atoms with E-state index in [0.717, 1.165) is 43.4 Å². The largest absolute Gasteiger partial charge is 0.361 e. The van der Waals surface area contributed by atoms with Crippen LogP contribution in [-0.2, 0) is 13.0 Å². The maximum absolute atomic E-state index is 4.66. The van der Waals surface area contributed by atoms with Crippen LogP contribution in [0.4, 0.5) is 0 Å². The summed E-state index contributed by atoms with van der Waals surface area (Å²) in [6, 6.07) is 14.3. The van der Waals surface area contributed by atoms with Crippen molar-refractivity contribution >= 4 is 46.5 Å². The van der Waals surface area contributed by atoms with E-state index in [2.05, 4.69) is 68.2 Å². The average Bonchev–Trinajstić information content (AvgIpc) is 3.33. The molecule has 0 saturated heterocycles. The van der Waals surface area contributed by atoms with Gasteiger partial charge in [-0.15, -0.1) is 34.2 Å². The van der Waals surface area contributed by atoms with Crippen molar-refractivity contribution in [2.45, 2.75) is 26.3 Å². The quantitative estimate of drug-likeness (QED) is 0.156. The highest BCUT2D eigenvalue weighted by Gasteiger charge is 2.05. The molecule has 8 heteroatoms. The van der Waals surface area contributed by atoms with Crippen LogP contribution in [0.15, 0.2) is 59.9 Å². The third-order valence-corrected chi connectivity index (χ3v) is 4.70. The van der Waals surface area contributed by atoms with Crippen molar-refractivity contribution in [2.75, 3.05) is 13.1 Å². The van der Waals surface area contributed by atoms with E-state index in [0.29, 0.717) is 6.54 Å². The zero-order valence-electron chi connectivity index (χ0n) is 16.4. The SMILES string of the molecule is CCNC(=NCc1nnc2ccccn12)NCCCc1c[nH]c2ccccc12.I. The van der Waals surface area contributed by atoms with Crippen molar-refractivity contribution in [3.05, 3.63) is 66.2 Å². The minimum absolute atomic E-state index is 0. The van der Waals surface area contributed by atoms with E-state index in [1.54, 1.807) is 0 Å². The number of pyridine rings is 1. The molecule has 0 aliphatic heterocycles. The molecule has 1 aromatic carbocycles. The predicted octanol–water partition coefficient (Wildman–Crippen LogP) is 3.52. The fourth-order valence-corrected chi connectivity index (χ4v) is 3.31. The molecule has 0 aliphatic carbocycles. The lowest BCUT2D eigenvalue weighted by atomic mass is 10.1. The van der Waals surface area contributed by atoms with Crippen LogP contribution in [0.25, 0.3) is 16.6 Å². The topological polar surface area (TPSA) is 82.4 Å². The first-order valence-corrected chi connectivity index (χ1v) is 9.71. The van der Waals surface area contributed by atoms with Crippen LogP contribution in [0.3, 0.4) is 0 Å². The van der Waals surface area contributed by atoms with Gasteiger partial charge in [-0.3, -0.25) is 4.40 Å². The number of hydrogen-bond donors (Lipinski definition) is 3. The lowest BCUT2D eigenvalue weighted by Gasteiger charge is -2.11. The first-order valence-electron chi connectivity index (χ1n) is 9.71. The molecule has 0 bridgehead atoms. The Hall–Kier alpha value is -2.62. The molecule has 0 atom stereocenters. The summed E-state index contributed by atoms with van der Waals surface area (Å²) in [6.07, 6.45) is 6.12. The summed E-state index contributed by atoms with van der Waals surface area (Å²) in [6.45, 7) is 4.21. The first kappa shape index (κ1) is 21.1. The molecule has 3 aromatic heterocycles. The molecule has 29 heavy (non-hydrogen) atoms. The second kappa shape index (κ2) is 10.2. The zero-order chi connectivity index (χ0) is 19.2. The number of guanidine groups is 1. The van der Waals surface area contributed by atoms with Crippen LogP contribution >= 0.6 is 24.0 Å². The van der Waals surface area contributed by atoms with Gasteiger partial charge in [-0.2, -0.15) is 0 Å². The van der Waals surface area contributed by atoms with E-state index < -0.39 is 0 Å². The second-order valence-electron chi connectivity index (χ2n) is 6.63. The minimum Gasteiger partial charge on any atom is -0.361 e. The van der Waals surface area contributed by atoms with Crippen molar-refractivity contribution < 1.29 is 0 Å². The lowest BCUT2D eigenvalue weighted by Crippen LogP contribution is -2.37. The lowest BCUT2D eigenvalue weighted by molar-refractivity contribution is 0.741. The van der Waals surface area contributed by atoms with Gasteiger partial charge in [0.2, 0.25) is 0 Å². The Morgan fingerprint density at radius 2 is 1.97 bits per heavy atom. The number of fused-ring (bicyclic) bond motifs is 2. The maximum atomic E-state index is 4.66. The average molecular weight is 503 g/mol. The molecule has 0 aliphatic rings. The Morgan fingerprint density at radius 1 is 1.10 bits per heavy atom. The third-order valence-electron chi connectivity index (χ3n) is 4.70. The summed E-state index contributed by atoms with van der Waals surface area (Å²) >= 11 is 0. The van der Waals surface area contributed by atoms with Gasteiger partial charge in [-0.1, -0.05) is 24.3 Å². The van der Waals surface area contributed by atoms with E-state index in [9.17, 15) is 0 Å². The number of aromatic nitrogens is 4. The number of nitrogens with zero attached hydrogens (tertiary/aromatic N) is 4. The van der Waals surface area contributed by atoms with Crippen molar-refractivity contribution in [3.8, 4) is 0 Å². The van der Waals surface area contributed by atoms with Gasteiger partial charge < -0.3 is 15.6 Å². The Balaban J connectivity index is 0.00000240. The number of para-hydroxylation sites is 1. The minimum atomic E-state index is 0. The van der Waals surface area contributed by atoms with Gasteiger partial charge in [0.25, 0.3) is 0 Å². The van der Waals surface area contributed by atoms with Crippen molar-refractivity contribution in [3.63, 3.8) is 0 Å². The van der Waals surface area contributed by atoms with E-state index in [1.165, 1.54) is 16.5 Å². The van der Waals surface area contributed by atoms with Crippen LogP contribution in [0, 0.1) is 0 Å². The van der Waals surface area contributed by atoms with Crippen LogP contribution in [0.5, 0.6) is 0 Å². The molecule has 0 spiro atoms. The van der Waals surface area contributed by atoms with Crippen LogP contribution in [-0.4, -0.2) is 38.6 Å². The predicted molar refractivity (Wildman–Crippen MR) is 128 cm³/mol. The Kier molecular flexibility index (Phi) is 7.45. The van der Waals surface area contributed by atoms with E-state index in [4.69, 9.17) is 0 Å². The molecule has 0 unspecified atom stereocenters. The smallest absolute Gasteiger partial charge is 0.191 e. The normalized spacial score (nSPS) is 11.6. The molecule has 0 saturated carbocycles. The molecule has 0 fully saturated rings. The summed E-state index contributed by atoms with van der Waals surface area (Å²) in [5.74, 6) is 1.63. The van der Waals surface area contributed by atoms with E-state index >= 15 is 0 Å². The molecular formula is C21H26IN7. The fraction of sp³-hybridized carbons (Fsp3) is 0.286. The summed E-state index contributed by atoms with van der Waals surface area (Å²) < 4.78 is 1.96. The number of hydrogen-bond acceptors (Lipinski definition) is 3.